The fourth-order valence-corrected chi connectivity index (χ4v) is 5.99. The van der Waals surface area contributed by atoms with Crippen LogP contribution in [0.2, 0.25) is 0 Å². The second-order valence-electron chi connectivity index (χ2n) is 10.7. The molecule has 48 heavy (non-hydrogen) atoms. The van der Waals surface area contributed by atoms with Gasteiger partial charge in [0.15, 0.2) is 5.13 Å². The molecule has 0 saturated heterocycles. The van der Waals surface area contributed by atoms with E-state index in [-0.39, 0.29) is 17.4 Å². The average Bonchev–Trinajstić information content (AvgIpc) is 3.56. The molecule has 9 nitrogen and oxygen atoms in total. The van der Waals surface area contributed by atoms with Crippen molar-refractivity contribution in [1.82, 2.24) is 10.3 Å². The minimum absolute atomic E-state index is 0.0898. The van der Waals surface area contributed by atoms with E-state index in [1.54, 1.807) is 48.5 Å². The van der Waals surface area contributed by atoms with Crippen molar-refractivity contribution in [2.75, 3.05) is 42.0 Å². The Bertz CT molecular complexity index is 1890. The first kappa shape index (κ1) is 34.0. The second kappa shape index (κ2) is 16.4. The third-order valence-corrected chi connectivity index (χ3v) is 8.67. The summed E-state index contributed by atoms with van der Waals surface area (Å²) in [5, 5.41) is 10.9. The van der Waals surface area contributed by atoms with E-state index in [0.29, 0.717) is 23.0 Å². The topological polar surface area (TPSA) is 113 Å². The van der Waals surface area contributed by atoms with Crippen molar-refractivity contribution < 1.29 is 19.1 Å². The number of thiazole rings is 1. The van der Waals surface area contributed by atoms with Crippen LogP contribution in [0.1, 0.15) is 22.8 Å². The molecule has 3 amide bonds. The van der Waals surface area contributed by atoms with Crippen molar-refractivity contribution >= 4 is 63.4 Å². The maximum Gasteiger partial charge on any atom is 0.272 e. The van der Waals surface area contributed by atoms with E-state index in [1.807, 2.05) is 92.0 Å². The van der Waals surface area contributed by atoms with Crippen LogP contribution in [0.25, 0.3) is 17.3 Å². The lowest BCUT2D eigenvalue weighted by Crippen LogP contribution is -2.30. The summed E-state index contributed by atoms with van der Waals surface area (Å²) in [7, 11) is 3.90. The molecular formula is C37H35N5O4S2. The van der Waals surface area contributed by atoms with E-state index >= 15 is 0 Å². The summed E-state index contributed by atoms with van der Waals surface area (Å²) in [6, 6.07) is 31.2. The van der Waals surface area contributed by atoms with Crippen molar-refractivity contribution in [3.63, 3.8) is 0 Å². The normalized spacial score (nSPS) is 11.0. The summed E-state index contributed by atoms with van der Waals surface area (Å²) in [6.07, 6.45) is 1.64. The highest BCUT2D eigenvalue weighted by molar-refractivity contribution is 8.00. The number of nitrogens with one attached hydrogen (secondary N) is 3. The molecule has 11 heteroatoms. The van der Waals surface area contributed by atoms with Crippen LogP contribution in [0.15, 0.2) is 119 Å². The second-order valence-corrected chi connectivity index (χ2v) is 12.6. The Morgan fingerprint density at radius 2 is 1.65 bits per heavy atom. The minimum Gasteiger partial charge on any atom is -0.494 e. The SMILES string of the molecule is CCOc1ccc(-c2csc(NC(=O)CSc3cccc(NC(=O)/C(=C\c4ccc(N(C)C)cc4)NC(=O)c4ccccc4)c3)n2)cc1. The molecule has 0 atom stereocenters. The molecule has 0 aliphatic heterocycles. The molecule has 0 fully saturated rings. The molecule has 244 valence electrons. The van der Waals surface area contributed by atoms with Crippen LogP contribution >= 0.6 is 23.1 Å². The van der Waals surface area contributed by atoms with Crippen molar-refractivity contribution in [2.45, 2.75) is 11.8 Å². The minimum atomic E-state index is -0.483. The van der Waals surface area contributed by atoms with Gasteiger partial charge in [-0.2, -0.15) is 0 Å². The largest absolute Gasteiger partial charge is 0.494 e. The maximum absolute atomic E-state index is 13.5. The van der Waals surface area contributed by atoms with Crippen molar-refractivity contribution in [2.24, 2.45) is 0 Å². The Hall–Kier alpha value is -5.39. The molecule has 0 spiro atoms. The highest BCUT2D eigenvalue weighted by Crippen LogP contribution is 2.27. The lowest BCUT2D eigenvalue weighted by Gasteiger charge is -2.14. The number of carbonyl (C=O) groups is 3. The summed E-state index contributed by atoms with van der Waals surface area (Å²) in [4.78, 5) is 46.6. The summed E-state index contributed by atoms with van der Waals surface area (Å²) in [5.74, 6) is -0.136. The third-order valence-electron chi connectivity index (χ3n) is 6.92. The van der Waals surface area contributed by atoms with E-state index in [9.17, 15) is 14.4 Å². The number of rotatable bonds is 13. The highest BCUT2D eigenvalue weighted by Gasteiger charge is 2.16. The predicted octanol–water partition coefficient (Wildman–Crippen LogP) is 7.42. The average molecular weight is 678 g/mol. The smallest absolute Gasteiger partial charge is 0.272 e. The number of hydrogen-bond acceptors (Lipinski definition) is 8. The molecule has 0 saturated carbocycles. The molecule has 0 radical (unpaired) electrons. The van der Waals surface area contributed by atoms with Crippen LogP contribution in [0, 0.1) is 0 Å². The molecule has 0 aliphatic carbocycles. The number of carbonyl (C=O) groups excluding carboxylic acids is 3. The Balaban J connectivity index is 1.21. The number of hydrogen-bond donors (Lipinski definition) is 3. The fourth-order valence-electron chi connectivity index (χ4n) is 4.50. The number of aromatic nitrogens is 1. The number of anilines is 3. The van der Waals surface area contributed by atoms with Gasteiger partial charge in [-0.15, -0.1) is 23.1 Å². The third kappa shape index (κ3) is 9.57. The molecule has 5 rings (SSSR count). The van der Waals surface area contributed by atoms with E-state index < -0.39 is 11.8 Å². The van der Waals surface area contributed by atoms with E-state index in [4.69, 9.17) is 4.74 Å². The Labute approximate surface area is 288 Å². The van der Waals surface area contributed by atoms with Gasteiger partial charge in [0, 0.05) is 46.9 Å². The number of benzene rings is 4. The van der Waals surface area contributed by atoms with Crippen LogP contribution in [-0.4, -0.2) is 49.2 Å². The van der Waals surface area contributed by atoms with Crippen LogP contribution in [0.5, 0.6) is 5.75 Å². The Morgan fingerprint density at radius 3 is 2.35 bits per heavy atom. The molecule has 1 heterocycles. The summed E-state index contributed by atoms with van der Waals surface area (Å²) in [6.45, 7) is 2.54. The highest BCUT2D eigenvalue weighted by atomic mass is 32.2. The molecule has 3 N–H and O–H groups in total. The first-order valence-electron chi connectivity index (χ1n) is 15.2. The van der Waals surface area contributed by atoms with Crippen LogP contribution in [-0.2, 0) is 9.59 Å². The van der Waals surface area contributed by atoms with Gasteiger partial charge < -0.3 is 25.6 Å². The van der Waals surface area contributed by atoms with Crippen LogP contribution in [0.3, 0.4) is 0 Å². The number of ether oxygens (including phenoxy) is 1. The molecule has 0 aliphatic rings. The van der Waals surface area contributed by atoms with E-state index in [1.165, 1.54) is 23.1 Å². The van der Waals surface area contributed by atoms with Crippen molar-refractivity contribution in [3.8, 4) is 17.0 Å². The van der Waals surface area contributed by atoms with Crippen molar-refractivity contribution in [3.05, 3.63) is 125 Å². The zero-order chi connectivity index (χ0) is 33.9. The van der Waals surface area contributed by atoms with Gasteiger partial charge in [-0.1, -0.05) is 36.4 Å². The van der Waals surface area contributed by atoms with Crippen LogP contribution in [0.4, 0.5) is 16.5 Å². The Morgan fingerprint density at radius 1 is 0.896 bits per heavy atom. The molecular weight excluding hydrogens is 643 g/mol. The number of nitrogens with zero attached hydrogens (tertiary/aromatic N) is 2. The van der Waals surface area contributed by atoms with Gasteiger partial charge in [0.2, 0.25) is 5.91 Å². The molecule has 4 aromatic carbocycles. The zero-order valence-electron chi connectivity index (χ0n) is 26.7. The molecule has 0 bridgehead atoms. The molecule has 5 aromatic rings. The first-order valence-corrected chi connectivity index (χ1v) is 17.0. The van der Waals surface area contributed by atoms with Gasteiger partial charge in [0.1, 0.15) is 11.4 Å². The lowest BCUT2D eigenvalue weighted by atomic mass is 10.1. The van der Waals surface area contributed by atoms with E-state index in [0.717, 1.165) is 33.2 Å². The zero-order valence-corrected chi connectivity index (χ0v) is 28.4. The summed E-state index contributed by atoms with van der Waals surface area (Å²) < 4.78 is 5.50. The quantitative estimate of drug-likeness (QED) is 0.0879. The van der Waals surface area contributed by atoms with Gasteiger partial charge in [-0.05, 0) is 85.3 Å². The van der Waals surface area contributed by atoms with Gasteiger partial charge in [0.05, 0.1) is 18.1 Å². The standard InChI is InChI=1S/C37H35N5O4S2/c1-4-46-30-19-15-26(16-20-30)33-23-48-37(40-33)41-34(43)24-47-31-12-8-11-28(22-31)38-36(45)32(39-35(44)27-9-6-5-7-10-27)21-25-13-17-29(18-14-25)42(2)3/h5-23H,4,24H2,1-3H3,(H,38,45)(H,39,44)(H,40,41,43)/b32-21+. The van der Waals surface area contributed by atoms with Gasteiger partial charge in [-0.3, -0.25) is 14.4 Å². The maximum atomic E-state index is 13.5. The molecule has 1 aromatic heterocycles. The van der Waals surface area contributed by atoms with Gasteiger partial charge in [0.25, 0.3) is 11.8 Å². The van der Waals surface area contributed by atoms with E-state index in [2.05, 4.69) is 20.9 Å². The monoisotopic (exact) mass is 677 g/mol. The fraction of sp³-hybridized carbons (Fsp3) is 0.135. The van der Waals surface area contributed by atoms with Crippen LogP contribution < -0.4 is 25.6 Å². The summed E-state index contributed by atoms with van der Waals surface area (Å²) >= 11 is 2.69. The number of thioether (sulfide) groups is 1. The number of amides is 3. The first-order chi connectivity index (χ1) is 23.3. The Kier molecular flexibility index (Phi) is 11.6. The predicted molar refractivity (Wildman–Crippen MR) is 196 cm³/mol. The van der Waals surface area contributed by atoms with Crippen molar-refractivity contribution in [1.29, 1.82) is 0 Å². The lowest BCUT2D eigenvalue weighted by molar-refractivity contribution is -0.114. The van der Waals surface area contributed by atoms with Gasteiger partial charge in [-0.25, -0.2) is 4.98 Å². The summed E-state index contributed by atoms with van der Waals surface area (Å²) in [5.41, 5.74) is 4.51. The van der Waals surface area contributed by atoms with Gasteiger partial charge >= 0.3 is 0 Å². The molecule has 0 unspecified atom stereocenters.